The number of esters is 1. The maximum atomic E-state index is 13.4. The Balaban J connectivity index is 1.51. The van der Waals surface area contributed by atoms with Gasteiger partial charge in [-0.25, -0.2) is 9.59 Å². The minimum Gasteiger partial charge on any atom is -0.459 e. The first-order valence-corrected chi connectivity index (χ1v) is 10.5. The van der Waals surface area contributed by atoms with Gasteiger partial charge in [0.15, 0.2) is 5.54 Å². The molecule has 1 saturated heterocycles. The van der Waals surface area contributed by atoms with Crippen molar-refractivity contribution in [2.24, 2.45) is 0 Å². The second kappa shape index (κ2) is 10.1. The molecule has 0 radical (unpaired) electrons. The summed E-state index contributed by atoms with van der Waals surface area (Å²) < 4.78 is 16.6. The molecule has 164 valence electrons. The lowest BCUT2D eigenvalue weighted by molar-refractivity contribution is -0.154. The van der Waals surface area contributed by atoms with E-state index in [9.17, 15) is 9.59 Å². The summed E-state index contributed by atoms with van der Waals surface area (Å²) in [4.78, 5) is 26.1. The molecule has 0 saturated carbocycles. The van der Waals surface area contributed by atoms with Crippen LogP contribution in [0.2, 0.25) is 0 Å². The summed E-state index contributed by atoms with van der Waals surface area (Å²) in [5.41, 5.74) is 1.20. The van der Waals surface area contributed by atoms with Crippen molar-refractivity contribution in [3.05, 3.63) is 108 Å². The Bertz CT molecular complexity index is 1020. The lowest BCUT2D eigenvalue weighted by Crippen LogP contribution is -2.61. The van der Waals surface area contributed by atoms with E-state index in [2.05, 4.69) is 5.32 Å². The smallest absolute Gasteiger partial charge is 0.408 e. The molecule has 1 fully saturated rings. The number of amides is 1. The lowest BCUT2D eigenvalue weighted by Gasteiger charge is -2.31. The van der Waals surface area contributed by atoms with E-state index in [0.717, 1.165) is 16.7 Å². The maximum Gasteiger partial charge on any atom is 0.408 e. The molecule has 1 N–H and O–H groups in total. The van der Waals surface area contributed by atoms with Crippen LogP contribution in [-0.2, 0) is 38.6 Å². The van der Waals surface area contributed by atoms with Crippen molar-refractivity contribution in [1.29, 1.82) is 0 Å². The molecule has 4 rings (SSSR count). The highest BCUT2D eigenvalue weighted by atomic mass is 16.6. The third-order valence-electron chi connectivity index (χ3n) is 5.32. The minimum atomic E-state index is -1.39. The zero-order chi connectivity index (χ0) is 22.2. The highest BCUT2D eigenvalue weighted by molar-refractivity contribution is 5.87. The summed E-state index contributed by atoms with van der Waals surface area (Å²) >= 11 is 0. The van der Waals surface area contributed by atoms with Gasteiger partial charge in [-0.1, -0.05) is 91.0 Å². The molecule has 0 spiro atoms. The van der Waals surface area contributed by atoms with E-state index in [4.69, 9.17) is 14.2 Å². The van der Waals surface area contributed by atoms with E-state index in [0.29, 0.717) is 6.61 Å². The van der Waals surface area contributed by atoms with Gasteiger partial charge < -0.3 is 19.5 Å². The van der Waals surface area contributed by atoms with Gasteiger partial charge in [-0.2, -0.15) is 0 Å². The predicted octanol–water partition coefficient (Wildman–Crippen LogP) is 4.04. The summed E-state index contributed by atoms with van der Waals surface area (Å²) in [6.07, 6.45) is -0.959. The van der Waals surface area contributed by atoms with Crippen LogP contribution < -0.4 is 5.32 Å². The molecule has 0 unspecified atom stereocenters. The van der Waals surface area contributed by atoms with Crippen LogP contribution in [0.15, 0.2) is 91.0 Å². The van der Waals surface area contributed by atoms with Gasteiger partial charge in [0.2, 0.25) is 0 Å². The fourth-order valence-corrected chi connectivity index (χ4v) is 3.54. The van der Waals surface area contributed by atoms with Crippen LogP contribution in [0.25, 0.3) is 0 Å². The van der Waals surface area contributed by atoms with Crippen molar-refractivity contribution in [1.82, 2.24) is 5.32 Å². The normalized spacial score (nSPS) is 16.4. The van der Waals surface area contributed by atoms with Gasteiger partial charge in [-0.15, -0.1) is 0 Å². The molecule has 0 aliphatic carbocycles. The molecule has 1 heterocycles. The first-order valence-electron chi connectivity index (χ1n) is 10.5. The van der Waals surface area contributed by atoms with Crippen molar-refractivity contribution in [2.45, 2.75) is 31.3 Å². The first kappa shape index (κ1) is 21.6. The van der Waals surface area contributed by atoms with Gasteiger partial charge >= 0.3 is 12.1 Å². The molecule has 0 aromatic heterocycles. The Hall–Kier alpha value is -3.64. The highest BCUT2D eigenvalue weighted by Crippen LogP contribution is 2.31. The van der Waals surface area contributed by atoms with E-state index in [1.165, 1.54) is 0 Å². The number of hydrogen-bond acceptors (Lipinski definition) is 5. The van der Waals surface area contributed by atoms with Crippen LogP contribution >= 0.6 is 0 Å². The lowest BCUT2D eigenvalue weighted by atomic mass is 9.87. The quantitative estimate of drug-likeness (QED) is 0.409. The summed E-state index contributed by atoms with van der Waals surface area (Å²) in [5, 5.41) is 2.79. The molecule has 0 bridgehead atoms. The average Bonchev–Trinajstić information content (AvgIpc) is 3.69. The van der Waals surface area contributed by atoms with Crippen LogP contribution in [0.1, 0.15) is 16.7 Å². The van der Waals surface area contributed by atoms with Gasteiger partial charge in [0.25, 0.3) is 0 Å². The molecule has 3 aromatic carbocycles. The third-order valence-corrected chi connectivity index (χ3v) is 5.32. The summed E-state index contributed by atoms with van der Waals surface area (Å²) in [5.74, 6) is -0.552. The molecular weight excluding hydrogens is 406 g/mol. The van der Waals surface area contributed by atoms with Crippen molar-refractivity contribution in [3.63, 3.8) is 0 Å². The number of epoxide rings is 1. The zero-order valence-corrected chi connectivity index (χ0v) is 17.6. The summed E-state index contributed by atoms with van der Waals surface area (Å²) in [6.45, 7) is 0.550. The van der Waals surface area contributed by atoms with E-state index in [-0.39, 0.29) is 19.6 Å². The third kappa shape index (κ3) is 5.53. The fraction of sp³-hybridized carbons (Fsp3) is 0.231. The van der Waals surface area contributed by atoms with Crippen molar-refractivity contribution in [2.75, 3.05) is 6.61 Å². The molecule has 1 aliphatic heterocycles. The Kier molecular flexibility index (Phi) is 6.82. The second-order valence-electron chi connectivity index (χ2n) is 7.70. The fourth-order valence-electron chi connectivity index (χ4n) is 3.54. The van der Waals surface area contributed by atoms with Crippen LogP contribution in [0, 0.1) is 0 Å². The molecule has 6 nitrogen and oxygen atoms in total. The van der Waals surface area contributed by atoms with Crippen LogP contribution in [0.3, 0.4) is 0 Å². The topological polar surface area (TPSA) is 77.2 Å². The van der Waals surface area contributed by atoms with Gasteiger partial charge in [0.05, 0.1) is 6.61 Å². The molecule has 3 aromatic rings. The number of carbonyl (C=O) groups excluding carboxylic acids is 2. The van der Waals surface area contributed by atoms with E-state index in [1.54, 1.807) is 0 Å². The molecule has 32 heavy (non-hydrogen) atoms. The zero-order valence-electron chi connectivity index (χ0n) is 17.6. The monoisotopic (exact) mass is 431 g/mol. The van der Waals surface area contributed by atoms with E-state index in [1.807, 2.05) is 91.0 Å². The Labute approximate surface area is 187 Å². The molecule has 6 heteroatoms. The Morgan fingerprint density at radius 3 is 1.75 bits per heavy atom. The number of carbonyl (C=O) groups is 2. The van der Waals surface area contributed by atoms with Gasteiger partial charge in [-0.3, -0.25) is 0 Å². The molecule has 1 amide bonds. The van der Waals surface area contributed by atoms with Crippen LogP contribution in [0.4, 0.5) is 4.79 Å². The number of benzene rings is 3. The van der Waals surface area contributed by atoms with E-state index < -0.39 is 23.7 Å². The molecular formula is C26H25NO5. The number of ether oxygens (including phenoxy) is 3. The van der Waals surface area contributed by atoms with E-state index >= 15 is 0 Å². The Morgan fingerprint density at radius 2 is 1.25 bits per heavy atom. The van der Waals surface area contributed by atoms with Crippen molar-refractivity contribution >= 4 is 12.1 Å². The number of hydrogen-bond donors (Lipinski definition) is 1. The highest BCUT2D eigenvalue weighted by Gasteiger charge is 2.55. The maximum absolute atomic E-state index is 13.4. The largest absolute Gasteiger partial charge is 0.459 e. The summed E-state index contributed by atoms with van der Waals surface area (Å²) in [6, 6.07) is 28.2. The Morgan fingerprint density at radius 1 is 0.781 bits per heavy atom. The minimum absolute atomic E-state index is 0.0959. The van der Waals surface area contributed by atoms with Crippen LogP contribution in [0.5, 0.6) is 0 Å². The number of rotatable bonds is 9. The molecule has 2 atom stereocenters. The van der Waals surface area contributed by atoms with Gasteiger partial charge in [0.1, 0.15) is 19.3 Å². The number of alkyl carbamates (subject to hydrolysis) is 1. The standard InChI is InChI=1S/C26H25NO5/c28-24(31-17-21-12-6-2-7-13-21)26(23-19-30-23,16-20-10-4-1-5-11-20)27-25(29)32-18-22-14-8-3-9-15-22/h1-15,23H,16-19H2,(H,27,29)/t23-,26-/m0/s1. The first-order chi connectivity index (χ1) is 15.7. The second-order valence-corrected chi connectivity index (χ2v) is 7.70. The van der Waals surface area contributed by atoms with Gasteiger partial charge in [0, 0.05) is 6.42 Å². The predicted molar refractivity (Wildman–Crippen MR) is 119 cm³/mol. The molecule has 1 aliphatic rings. The van der Waals surface area contributed by atoms with Crippen LogP contribution in [-0.4, -0.2) is 30.3 Å². The number of nitrogens with one attached hydrogen (secondary N) is 1. The SMILES string of the molecule is O=C(N[C@](Cc1ccccc1)(C(=O)OCc1ccccc1)[C@@H]1CO1)OCc1ccccc1. The van der Waals surface area contributed by atoms with Crippen molar-refractivity contribution in [3.8, 4) is 0 Å². The van der Waals surface area contributed by atoms with Gasteiger partial charge in [-0.05, 0) is 16.7 Å². The average molecular weight is 431 g/mol. The summed E-state index contributed by atoms with van der Waals surface area (Å²) in [7, 11) is 0. The van der Waals surface area contributed by atoms with Crippen molar-refractivity contribution < 1.29 is 23.8 Å².